The summed E-state index contributed by atoms with van der Waals surface area (Å²) in [7, 11) is 0. The van der Waals surface area contributed by atoms with Gasteiger partial charge in [0.1, 0.15) is 10.5 Å². The van der Waals surface area contributed by atoms with Crippen molar-refractivity contribution in [3.63, 3.8) is 0 Å². The number of amides is 2. The first-order valence-corrected chi connectivity index (χ1v) is 11.0. The molecule has 0 bridgehead atoms. The fourth-order valence-corrected chi connectivity index (χ4v) is 4.09. The third-order valence-electron chi connectivity index (χ3n) is 4.76. The van der Waals surface area contributed by atoms with E-state index in [1.165, 1.54) is 11.8 Å². The number of fused-ring (bicyclic) bond motifs is 2. The van der Waals surface area contributed by atoms with Crippen LogP contribution in [0.3, 0.4) is 0 Å². The molecule has 9 nitrogen and oxygen atoms in total. The number of carbonyl (C=O) groups excluding carboxylic acids is 2. The van der Waals surface area contributed by atoms with Gasteiger partial charge in [0.15, 0.2) is 23.0 Å². The van der Waals surface area contributed by atoms with Crippen LogP contribution in [0.2, 0.25) is 0 Å². The molecule has 0 aliphatic carbocycles. The first kappa shape index (κ1) is 20.8. The number of ether oxygens (including phenoxy) is 2. The number of hydrogen-bond donors (Lipinski definition) is 2. The number of nitrogens with zero attached hydrogens (tertiary/aromatic N) is 2. The van der Waals surface area contributed by atoms with Gasteiger partial charge < -0.3 is 24.5 Å². The molecule has 0 atom stereocenters. The molecule has 0 radical (unpaired) electrons. The number of anilines is 2. The Morgan fingerprint density at radius 2 is 1.85 bits per heavy atom. The number of aromatic nitrogens is 2. The molecule has 2 aromatic heterocycles. The van der Waals surface area contributed by atoms with Gasteiger partial charge in [-0.25, -0.2) is 9.97 Å². The molecule has 0 unspecified atom stereocenters. The van der Waals surface area contributed by atoms with Gasteiger partial charge in [-0.1, -0.05) is 11.8 Å². The van der Waals surface area contributed by atoms with Crippen LogP contribution in [0.4, 0.5) is 11.4 Å². The van der Waals surface area contributed by atoms with Crippen LogP contribution in [0.25, 0.3) is 11.1 Å². The van der Waals surface area contributed by atoms with Gasteiger partial charge in [0, 0.05) is 30.6 Å². The molecule has 1 aliphatic heterocycles. The predicted molar refractivity (Wildman–Crippen MR) is 123 cm³/mol. The molecular formula is C23H18N4O5S. The third kappa shape index (κ3) is 4.60. The van der Waals surface area contributed by atoms with E-state index in [4.69, 9.17) is 13.9 Å². The molecule has 1 aliphatic rings. The highest BCUT2D eigenvalue weighted by Gasteiger charge is 2.17. The Bertz CT molecular complexity index is 1370. The van der Waals surface area contributed by atoms with Crippen LogP contribution in [0.5, 0.6) is 11.5 Å². The molecule has 4 aromatic rings. The lowest BCUT2D eigenvalue weighted by Crippen LogP contribution is -2.16. The van der Waals surface area contributed by atoms with E-state index < -0.39 is 0 Å². The molecule has 5 rings (SSSR count). The zero-order valence-corrected chi connectivity index (χ0v) is 18.3. The molecule has 10 heteroatoms. The van der Waals surface area contributed by atoms with Crippen LogP contribution < -0.4 is 20.1 Å². The maximum Gasteiger partial charge on any atom is 0.258 e. The number of pyridine rings is 1. The summed E-state index contributed by atoms with van der Waals surface area (Å²) in [6.45, 7) is 1.93. The van der Waals surface area contributed by atoms with E-state index in [-0.39, 0.29) is 24.4 Å². The van der Waals surface area contributed by atoms with E-state index in [1.807, 2.05) is 0 Å². The minimum Gasteiger partial charge on any atom is -0.454 e. The summed E-state index contributed by atoms with van der Waals surface area (Å²) < 4.78 is 16.1. The summed E-state index contributed by atoms with van der Waals surface area (Å²) in [4.78, 5) is 33.9. The molecule has 0 spiro atoms. The van der Waals surface area contributed by atoms with Gasteiger partial charge in [-0.3, -0.25) is 9.59 Å². The van der Waals surface area contributed by atoms with Crippen molar-refractivity contribution in [2.75, 3.05) is 23.2 Å². The average Bonchev–Trinajstić information content (AvgIpc) is 3.42. The quantitative estimate of drug-likeness (QED) is 0.409. The monoisotopic (exact) mass is 462 g/mol. The van der Waals surface area contributed by atoms with Crippen LogP contribution in [-0.4, -0.2) is 34.3 Å². The van der Waals surface area contributed by atoms with Crippen molar-refractivity contribution in [2.24, 2.45) is 0 Å². The highest BCUT2D eigenvalue weighted by molar-refractivity contribution is 8.00. The third-order valence-corrected chi connectivity index (χ3v) is 5.77. The topological polar surface area (TPSA) is 116 Å². The van der Waals surface area contributed by atoms with Crippen LogP contribution in [0, 0.1) is 6.92 Å². The second kappa shape index (κ2) is 8.83. The fraction of sp³-hybridized carbons (Fsp3) is 0.130. The van der Waals surface area contributed by atoms with Crippen LogP contribution in [0.15, 0.2) is 64.2 Å². The van der Waals surface area contributed by atoms with Gasteiger partial charge in [-0.2, -0.15) is 0 Å². The molecule has 2 aromatic carbocycles. The highest BCUT2D eigenvalue weighted by atomic mass is 32.2. The van der Waals surface area contributed by atoms with Crippen molar-refractivity contribution in [1.29, 1.82) is 0 Å². The second-order valence-corrected chi connectivity index (χ2v) is 8.09. The van der Waals surface area contributed by atoms with Gasteiger partial charge in [-0.15, -0.1) is 0 Å². The number of aryl methyl sites for hydroxylation is 1. The summed E-state index contributed by atoms with van der Waals surface area (Å²) in [5.74, 6) is 1.30. The van der Waals surface area contributed by atoms with Gasteiger partial charge in [0.05, 0.1) is 11.3 Å². The zero-order valence-electron chi connectivity index (χ0n) is 17.5. The predicted octanol–water partition coefficient (Wildman–Crippen LogP) is 4.24. The molecule has 166 valence electrons. The van der Waals surface area contributed by atoms with Gasteiger partial charge in [0.2, 0.25) is 12.7 Å². The molecular weight excluding hydrogens is 444 g/mol. The highest BCUT2D eigenvalue weighted by Crippen LogP contribution is 2.34. The number of thioether (sulfide) groups is 1. The van der Waals surface area contributed by atoms with Gasteiger partial charge in [-0.05, 0) is 42.5 Å². The minimum atomic E-state index is -0.332. The zero-order chi connectivity index (χ0) is 22.8. The maximum atomic E-state index is 12.9. The van der Waals surface area contributed by atoms with Crippen molar-refractivity contribution < 1.29 is 23.5 Å². The number of rotatable bonds is 6. The first-order chi connectivity index (χ1) is 16.0. The number of benzene rings is 2. The molecule has 0 saturated carbocycles. The Kier molecular flexibility index (Phi) is 5.57. The van der Waals surface area contributed by atoms with E-state index in [9.17, 15) is 9.59 Å². The van der Waals surface area contributed by atoms with E-state index in [0.29, 0.717) is 50.5 Å². The Balaban J connectivity index is 1.24. The first-order valence-electron chi connectivity index (χ1n) is 10.0. The van der Waals surface area contributed by atoms with Crippen molar-refractivity contribution in [3.8, 4) is 11.5 Å². The molecule has 33 heavy (non-hydrogen) atoms. The Labute approximate surface area is 192 Å². The van der Waals surface area contributed by atoms with Crippen LogP contribution in [-0.2, 0) is 4.79 Å². The second-order valence-electron chi connectivity index (χ2n) is 7.13. The lowest BCUT2D eigenvalue weighted by atomic mass is 10.2. The van der Waals surface area contributed by atoms with E-state index in [2.05, 4.69) is 20.6 Å². The summed E-state index contributed by atoms with van der Waals surface area (Å²) in [5, 5.41) is 6.11. The summed E-state index contributed by atoms with van der Waals surface area (Å²) in [6.07, 6.45) is 1.58. The maximum absolute atomic E-state index is 12.9. The average molecular weight is 462 g/mol. The number of carbonyl (C=O) groups is 2. The standard InChI is InChI=1S/C23H18N4O5S/c1-13-25-17-9-14(4-6-18(17)32-13)27-22(29)16-3-2-8-24-23(16)33-11-21(28)26-15-5-7-19-20(10-15)31-12-30-19/h2-10H,11-12H2,1H3,(H,26,28)(H,27,29). The van der Waals surface area contributed by atoms with Crippen molar-refractivity contribution >= 4 is 46.1 Å². The SMILES string of the molecule is Cc1nc2cc(NC(=O)c3cccnc3SCC(=O)Nc3ccc4c(c3)OCO4)ccc2o1. The number of nitrogens with one attached hydrogen (secondary N) is 2. The van der Waals surface area contributed by atoms with Crippen molar-refractivity contribution in [1.82, 2.24) is 9.97 Å². The molecule has 2 N–H and O–H groups in total. The van der Waals surface area contributed by atoms with Crippen LogP contribution in [0.1, 0.15) is 16.2 Å². The Morgan fingerprint density at radius 1 is 1.03 bits per heavy atom. The summed E-state index contributed by atoms with van der Waals surface area (Å²) in [6, 6.07) is 13.8. The lowest BCUT2D eigenvalue weighted by Gasteiger charge is -2.10. The molecule has 3 heterocycles. The van der Waals surface area contributed by atoms with E-state index in [0.717, 1.165) is 0 Å². The number of oxazole rings is 1. The van der Waals surface area contributed by atoms with Crippen molar-refractivity contribution in [2.45, 2.75) is 11.9 Å². The molecule has 0 saturated heterocycles. The van der Waals surface area contributed by atoms with Gasteiger partial charge in [0.25, 0.3) is 5.91 Å². The lowest BCUT2D eigenvalue weighted by molar-refractivity contribution is -0.113. The van der Waals surface area contributed by atoms with E-state index in [1.54, 1.807) is 61.7 Å². The summed E-state index contributed by atoms with van der Waals surface area (Å²) in [5.41, 5.74) is 2.86. The fourth-order valence-electron chi connectivity index (χ4n) is 3.30. The molecule has 0 fully saturated rings. The normalized spacial score (nSPS) is 12.0. The van der Waals surface area contributed by atoms with E-state index >= 15 is 0 Å². The number of hydrogen-bond acceptors (Lipinski definition) is 8. The smallest absolute Gasteiger partial charge is 0.258 e. The minimum absolute atomic E-state index is 0.0793. The largest absolute Gasteiger partial charge is 0.454 e. The summed E-state index contributed by atoms with van der Waals surface area (Å²) >= 11 is 1.18. The molecule has 2 amide bonds. The van der Waals surface area contributed by atoms with Crippen LogP contribution >= 0.6 is 11.8 Å². The van der Waals surface area contributed by atoms with Crippen molar-refractivity contribution in [3.05, 3.63) is 66.2 Å². The van der Waals surface area contributed by atoms with Gasteiger partial charge >= 0.3 is 0 Å². The Morgan fingerprint density at radius 3 is 2.76 bits per heavy atom. The Hall–Kier alpha value is -4.05.